The predicted octanol–water partition coefficient (Wildman–Crippen LogP) is 1.33. The molecule has 0 aliphatic carbocycles. The third kappa shape index (κ3) is 3.41. The first-order chi connectivity index (χ1) is 9.39. The van der Waals surface area contributed by atoms with Crippen LogP contribution in [0.3, 0.4) is 0 Å². The molecular weight excluding hydrogens is 294 g/mol. The number of benzene rings is 1. The number of nitrogens with zero attached hydrogens (tertiary/aromatic N) is 1. The minimum absolute atomic E-state index is 0.0259. The van der Waals surface area contributed by atoms with Crippen molar-refractivity contribution in [3.05, 3.63) is 29.3 Å². The van der Waals surface area contributed by atoms with E-state index in [1.807, 2.05) is 0 Å². The Kier molecular flexibility index (Phi) is 4.48. The van der Waals surface area contributed by atoms with Crippen LogP contribution in [0.1, 0.15) is 29.8 Å². The number of aryl methyl sites for hydroxylation is 1. The lowest BCUT2D eigenvalue weighted by Crippen LogP contribution is -2.50. The molecule has 0 atom stereocenters. The van der Waals surface area contributed by atoms with Crippen molar-refractivity contribution in [1.29, 1.82) is 0 Å². The molecule has 0 aliphatic heterocycles. The fraction of sp³-hybridized carbons (Fsp3) is 0.429. The highest BCUT2D eigenvalue weighted by Gasteiger charge is 2.36. The number of hydrogen-bond donors (Lipinski definition) is 1. The molecule has 0 bridgehead atoms. The van der Waals surface area contributed by atoms with E-state index in [1.165, 1.54) is 39.1 Å². The Morgan fingerprint density at radius 1 is 1.24 bits per heavy atom. The van der Waals surface area contributed by atoms with Gasteiger partial charge in [0.1, 0.15) is 5.54 Å². The molecule has 0 spiro atoms. The lowest BCUT2D eigenvalue weighted by atomic mass is 10.0. The van der Waals surface area contributed by atoms with Crippen LogP contribution < -0.4 is 0 Å². The molecule has 21 heavy (non-hydrogen) atoms. The van der Waals surface area contributed by atoms with Crippen molar-refractivity contribution >= 4 is 21.7 Å². The van der Waals surface area contributed by atoms with Crippen LogP contribution in [0, 0.1) is 6.92 Å². The third-order valence-corrected chi connectivity index (χ3v) is 4.64. The zero-order chi connectivity index (χ0) is 16.6. The van der Waals surface area contributed by atoms with Crippen LogP contribution >= 0.6 is 0 Å². The summed E-state index contributed by atoms with van der Waals surface area (Å²) in [5.41, 5.74) is -0.639. The average molecular weight is 313 g/mol. The molecule has 0 radical (unpaired) electrons. The first-order valence-electron chi connectivity index (χ1n) is 6.21. The topological polar surface area (TPSA) is 91.8 Å². The molecule has 0 aliphatic rings. The molecule has 116 valence electrons. The maximum Gasteiger partial charge on any atom is 0.329 e. The maximum absolute atomic E-state index is 12.5. The van der Waals surface area contributed by atoms with E-state index in [2.05, 4.69) is 0 Å². The highest BCUT2D eigenvalue weighted by molar-refractivity contribution is 7.90. The third-order valence-electron chi connectivity index (χ3n) is 3.53. The van der Waals surface area contributed by atoms with Crippen molar-refractivity contribution in [1.82, 2.24) is 4.90 Å². The fourth-order valence-corrected chi connectivity index (χ4v) is 2.29. The Hall–Kier alpha value is -1.89. The van der Waals surface area contributed by atoms with E-state index in [9.17, 15) is 23.1 Å². The summed E-state index contributed by atoms with van der Waals surface area (Å²) in [6.45, 7) is 4.48. The average Bonchev–Trinajstić information content (AvgIpc) is 2.35. The maximum atomic E-state index is 12.5. The number of likely N-dealkylation sites (N-methyl/N-ethyl adjacent to an activating group) is 1. The molecule has 6 nitrogen and oxygen atoms in total. The number of carbonyl (C=O) groups is 2. The summed E-state index contributed by atoms with van der Waals surface area (Å²) in [4.78, 5) is 24.8. The number of carbonyl (C=O) groups excluding carboxylic acids is 1. The minimum Gasteiger partial charge on any atom is -0.480 e. The number of amides is 1. The largest absolute Gasteiger partial charge is 0.480 e. The molecule has 0 saturated carbocycles. The van der Waals surface area contributed by atoms with Gasteiger partial charge >= 0.3 is 5.97 Å². The summed E-state index contributed by atoms with van der Waals surface area (Å²) < 4.78 is 23.1. The molecule has 0 fully saturated rings. The van der Waals surface area contributed by atoms with Crippen LogP contribution in [0.4, 0.5) is 0 Å². The molecular formula is C14H19NO5S. The SMILES string of the molecule is Cc1ccc(S(C)(=O)=O)cc1C(=O)N(C)C(C)(C)C(=O)O. The number of aliphatic carboxylic acids is 1. The summed E-state index contributed by atoms with van der Waals surface area (Å²) in [6.07, 6.45) is 1.05. The molecule has 1 aromatic rings. The summed E-state index contributed by atoms with van der Waals surface area (Å²) in [6, 6.07) is 4.23. The van der Waals surface area contributed by atoms with Crippen LogP contribution in [-0.2, 0) is 14.6 Å². The van der Waals surface area contributed by atoms with Gasteiger partial charge in [0.05, 0.1) is 4.90 Å². The second-order valence-electron chi connectivity index (χ2n) is 5.48. The molecule has 7 heteroatoms. The van der Waals surface area contributed by atoms with Crippen LogP contribution in [0.5, 0.6) is 0 Å². The van der Waals surface area contributed by atoms with E-state index in [0.717, 1.165) is 11.2 Å². The van der Waals surface area contributed by atoms with Crippen molar-refractivity contribution < 1.29 is 23.1 Å². The van der Waals surface area contributed by atoms with E-state index in [0.29, 0.717) is 5.56 Å². The monoisotopic (exact) mass is 313 g/mol. The Balaban J connectivity index is 3.34. The molecule has 1 N–H and O–H groups in total. The van der Waals surface area contributed by atoms with Crippen molar-refractivity contribution in [2.24, 2.45) is 0 Å². The van der Waals surface area contributed by atoms with Gasteiger partial charge in [-0.15, -0.1) is 0 Å². The van der Waals surface area contributed by atoms with Crippen LogP contribution in [-0.4, -0.2) is 49.1 Å². The molecule has 1 rings (SSSR count). The second kappa shape index (κ2) is 5.48. The van der Waals surface area contributed by atoms with Gasteiger partial charge in [-0.3, -0.25) is 4.79 Å². The number of carboxylic acid groups (broad SMARTS) is 1. The standard InChI is InChI=1S/C14H19NO5S/c1-9-6-7-10(21(5,19)20)8-11(9)12(16)15(4)14(2,3)13(17)18/h6-8H,1-5H3,(H,17,18). The smallest absolute Gasteiger partial charge is 0.329 e. The van der Waals surface area contributed by atoms with Crippen molar-refractivity contribution in [3.63, 3.8) is 0 Å². The van der Waals surface area contributed by atoms with Gasteiger partial charge in [0.25, 0.3) is 5.91 Å². The van der Waals surface area contributed by atoms with Crippen LogP contribution in [0.25, 0.3) is 0 Å². The van der Waals surface area contributed by atoms with Gasteiger partial charge in [-0.2, -0.15) is 0 Å². The molecule has 1 amide bonds. The fourth-order valence-electron chi connectivity index (χ4n) is 1.64. The van der Waals surface area contributed by atoms with Gasteiger partial charge in [-0.05, 0) is 38.5 Å². The summed E-state index contributed by atoms with van der Waals surface area (Å²) in [5.74, 6) is -1.68. The quantitative estimate of drug-likeness (QED) is 0.905. The van der Waals surface area contributed by atoms with Gasteiger partial charge in [0, 0.05) is 18.9 Å². The molecule has 0 heterocycles. The number of carboxylic acids is 1. The Morgan fingerprint density at radius 3 is 2.19 bits per heavy atom. The van der Waals surface area contributed by atoms with E-state index in [4.69, 9.17) is 0 Å². The van der Waals surface area contributed by atoms with Gasteiger partial charge in [-0.1, -0.05) is 6.07 Å². The second-order valence-corrected chi connectivity index (χ2v) is 7.49. The van der Waals surface area contributed by atoms with Gasteiger partial charge in [0.15, 0.2) is 9.84 Å². The Labute approximate surface area is 124 Å². The van der Waals surface area contributed by atoms with E-state index < -0.39 is 27.3 Å². The van der Waals surface area contributed by atoms with Crippen molar-refractivity contribution in [2.45, 2.75) is 31.2 Å². The first-order valence-corrected chi connectivity index (χ1v) is 8.10. The first kappa shape index (κ1) is 17.2. The number of hydrogen-bond acceptors (Lipinski definition) is 4. The highest BCUT2D eigenvalue weighted by Crippen LogP contribution is 2.21. The predicted molar refractivity (Wildman–Crippen MR) is 78.1 cm³/mol. The summed E-state index contributed by atoms with van der Waals surface area (Å²) in [7, 11) is -2.06. The van der Waals surface area contributed by atoms with E-state index in [1.54, 1.807) is 6.92 Å². The summed E-state index contributed by atoms with van der Waals surface area (Å²) >= 11 is 0. The normalized spacial score (nSPS) is 12.0. The number of sulfone groups is 1. The van der Waals surface area contributed by atoms with Gasteiger partial charge in [-0.25, -0.2) is 13.2 Å². The zero-order valence-electron chi connectivity index (χ0n) is 12.7. The van der Waals surface area contributed by atoms with Gasteiger partial charge < -0.3 is 10.0 Å². The minimum atomic E-state index is -3.44. The van der Waals surface area contributed by atoms with Crippen molar-refractivity contribution in [3.8, 4) is 0 Å². The molecule has 0 saturated heterocycles. The van der Waals surface area contributed by atoms with Crippen LogP contribution in [0.2, 0.25) is 0 Å². The van der Waals surface area contributed by atoms with Crippen LogP contribution in [0.15, 0.2) is 23.1 Å². The number of rotatable bonds is 4. The van der Waals surface area contributed by atoms with E-state index in [-0.39, 0.29) is 10.5 Å². The summed E-state index contributed by atoms with van der Waals surface area (Å²) in [5, 5.41) is 9.17. The van der Waals surface area contributed by atoms with E-state index >= 15 is 0 Å². The zero-order valence-corrected chi connectivity index (χ0v) is 13.5. The highest BCUT2D eigenvalue weighted by atomic mass is 32.2. The van der Waals surface area contributed by atoms with Gasteiger partial charge in [0.2, 0.25) is 0 Å². The molecule has 0 aromatic heterocycles. The molecule has 0 unspecified atom stereocenters. The lowest BCUT2D eigenvalue weighted by molar-refractivity contribution is -0.147. The Bertz CT molecular complexity index is 691. The van der Waals surface area contributed by atoms with Crippen molar-refractivity contribution in [2.75, 3.05) is 13.3 Å². The Morgan fingerprint density at radius 2 is 1.76 bits per heavy atom. The molecule has 1 aromatic carbocycles. The lowest BCUT2D eigenvalue weighted by Gasteiger charge is -2.32.